The van der Waals surface area contributed by atoms with Gasteiger partial charge >= 0.3 is 17.9 Å². The molecule has 67 heavy (non-hydrogen) atoms. The molecule has 0 heterocycles. The molecule has 0 amide bonds. The molecule has 0 spiro atoms. The second kappa shape index (κ2) is 54.4. The second-order valence-corrected chi connectivity index (χ2v) is 17.4. The topological polar surface area (TPSA) is 78.9 Å². The van der Waals surface area contributed by atoms with E-state index in [1.807, 2.05) is 0 Å². The first-order chi connectivity index (χ1) is 33.0. The lowest BCUT2D eigenvalue weighted by Gasteiger charge is -2.18. The van der Waals surface area contributed by atoms with E-state index < -0.39 is 6.10 Å². The van der Waals surface area contributed by atoms with Gasteiger partial charge in [0.2, 0.25) is 0 Å². The van der Waals surface area contributed by atoms with Crippen molar-refractivity contribution in [1.82, 2.24) is 0 Å². The van der Waals surface area contributed by atoms with E-state index in [1.165, 1.54) is 64.2 Å². The Balaban J connectivity index is 4.55. The Labute approximate surface area is 412 Å². The van der Waals surface area contributed by atoms with Crippen LogP contribution in [0.5, 0.6) is 0 Å². The minimum absolute atomic E-state index is 0.119. The second-order valence-electron chi connectivity index (χ2n) is 17.4. The van der Waals surface area contributed by atoms with Crippen LogP contribution in [0.25, 0.3) is 0 Å². The molecule has 0 saturated carbocycles. The van der Waals surface area contributed by atoms with Crippen molar-refractivity contribution in [2.75, 3.05) is 13.2 Å². The molecule has 0 saturated heterocycles. The van der Waals surface area contributed by atoms with Gasteiger partial charge in [0.05, 0.1) is 0 Å². The molecule has 0 aromatic rings. The van der Waals surface area contributed by atoms with Crippen LogP contribution in [-0.4, -0.2) is 37.2 Å². The molecule has 0 rings (SSSR count). The average Bonchev–Trinajstić information content (AvgIpc) is 3.33. The van der Waals surface area contributed by atoms with Crippen LogP contribution in [0.3, 0.4) is 0 Å². The van der Waals surface area contributed by atoms with Crippen molar-refractivity contribution in [2.24, 2.45) is 0 Å². The van der Waals surface area contributed by atoms with Gasteiger partial charge in [-0.25, -0.2) is 0 Å². The molecule has 0 N–H and O–H groups in total. The van der Waals surface area contributed by atoms with E-state index in [-0.39, 0.29) is 37.5 Å². The SMILES string of the molecule is CC/C=C\C/C=C\C/C=C\C/C=C\C/C=C\CCCCCC(=O)OC[C@H](COC(=O)CCC/C=C\C/C=C\C/C=C\C/C=C\CCCCC)OC(=O)CCCCCCC/C=C\CCCCCC. The average molecular weight is 927 g/mol. The number of carbonyl (C=O) groups excluding carboxylic acids is 3. The molecule has 0 aliphatic carbocycles. The summed E-state index contributed by atoms with van der Waals surface area (Å²) in [5.74, 6) is -1.02. The Morgan fingerprint density at radius 2 is 0.597 bits per heavy atom. The number of hydrogen-bond acceptors (Lipinski definition) is 6. The summed E-state index contributed by atoms with van der Waals surface area (Å²) in [7, 11) is 0. The Morgan fingerprint density at radius 1 is 0.313 bits per heavy atom. The summed E-state index contributed by atoms with van der Waals surface area (Å²) in [5.41, 5.74) is 0. The molecule has 6 heteroatoms. The molecular formula is C61H98O6. The predicted molar refractivity (Wildman–Crippen MR) is 288 cm³/mol. The van der Waals surface area contributed by atoms with Crippen molar-refractivity contribution >= 4 is 17.9 Å². The van der Waals surface area contributed by atoms with E-state index >= 15 is 0 Å². The maximum atomic E-state index is 12.8. The lowest BCUT2D eigenvalue weighted by atomic mass is 10.1. The zero-order valence-corrected chi connectivity index (χ0v) is 43.1. The van der Waals surface area contributed by atoms with Crippen LogP contribution in [0, 0.1) is 0 Å². The monoisotopic (exact) mass is 927 g/mol. The summed E-state index contributed by atoms with van der Waals surface area (Å²) in [4.78, 5) is 38.0. The number of unbranched alkanes of at least 4 members (excludes halogenated alkanes) is 16. The third kappa shape index (κ3) is 52.6. The highest BCUT2D eigenvalue weighted by molar-refractivity contribution is 5.71. The van der Waals surface area contributed by atoms with Gasteiger partial charge in [-0.2, -0.15) is 0 Å². The van der Waals surface area contributed by atoms with Gasteiger partial charge in [0.25, 0.3) is 0 Å². The third-order valence-corrected chi connectivity index (χ3v) is 10.9. The van der Waals surface area contributed by atoms with Crippen molar-refractivity contribution < 1.29 is 28.6 Å². The smallest absolute Gasteiger partial charge is 0.306 e. The van der Waals surface area contributed by atoms with Gasteiger partial charge in [0.15, 0.2) is 6.10 Å². The van der Waals surface area contributed by atoms with Crippen LogP contribution in [0.2, 0.25) is 0 Å². The summed E-state index contributed by atoms with van der Waals surface area (Å²) in [6.07, 6.45) is 74.7. The summed E-state index contributed by atoms with van der Waals surface area (Å²) < 4.78 is 16.7. The fourth-order valence-electron chi connectivity index (χ4n) is 6.87. The first-order valence-electron chi connectivity index (χ1n) is 27.0. The number of carbonyl (C=O) groups is 3. The highest BCUT2D eigenvalue weighted by Crippen LogP contribution is 2.12. The molecule has 378 valence electrons. The van der Waals surface area contributed by atoms with Gasteiger partial charge < -0.3 is 14.2 Å². The van der Waals surface area contributed by atoms with Crippen LogP contribution < -0.4 is 0 Å². The van der Waals surface area contributed by atoms with Gasteiger partial charge in [0.1, 0.15) is 13.2 Å². The number of hydrogen-bond donors (Lipinski definition) is 0. The van der Waals surface area contributed by atoms with Crippen molar-refractivity contribution in [3.05, 3.63) is 122 Å². The van der Waals surface area contributed by atoms with Crippen LogP contribution in [0.4, 0.5) is 0 Å². The largest absolute Gasteiger partial charge is 0.462 e. The number of rotatable bonds is 47. The minimum Gasteiger partial charge on any atom is -0.462 e. The quantitative estimate of drug-likeness (QED) is 0.0262. The van der Waals surface area contributed by atoms with Crippen molar-refractivity contribution in [2.45, 2.75) is 232 Å². The van der Waals surface area contributed by atoms with E-state index in [0.29, 0.717) is 19.3 Å². The van der Waals surface area contributed by atoms with E-state index in [4.69, 9.17) is 14.2 Å². The molecule has 0 radical (unpaired) electrons. The lowest BCUT2D eigenvalue weighted by molar-refractivity contribution is -0.167. The Bertz CT molecular complexity index is 1440. The Morgan fingerprint density at radius 3 is 1.03 bits per heavy atom. The molecule has 1 atom stereocenters. The molecule has 0 fully saturated rings. The third-order valence-electron chi connectivity index (χ3n) is 10.9. The molecule has 0 aromatic heterocycles. The lowest BCUT2D eigenvalue weighted by Crippen LogP contribution is -2.30. The first kappa shape index (κ1) is 62.8. The minimum atomic E-state index is -0.821. The zero-order valence-electron chi connectivity index (χ0n) is 43.1. The van der Waals surface area contributed by atoms with Gasteiger partial charge in [0, 0.05) is 19.3 Å². The summed E-state index contributed by atoms with van der Waals surface area (Å²) >= 11 is 0. The molecule has 0 aliphatic heterocycles. The summed E-state index contributed by atoms with van der Waals surface area (Å²) in [6, 6.07) is 0. The molecule has 0 unspecified atom stereocenters. The van der Waals surface area contributed by atoms with E-state index in [2.05, 4.69) is 142 Å². The van der Waals surface area contributed by atoms with Gasteiger partial charge in [-0.15, -0.1) is 0 Å². The highest BCUT2D eigenvalue weighted by atomic mass is 16.6. The van der Waals surface area contributed by atoms with Gasteiger partial charge in [-0.1, -0.05) is 200 Å². The van der Waals surface area contributed by atoms with Gasteiger partial charge in [-0.05, 0) is 128 Å². The summed E-state index contributed by atoms with van der Waals surface area (Å²) in [6.45, 7) is 6.38. The van der Waals surface area contributed by atoms with Gasteiger partial charge in [-0.3, -0.25) is 14.4 Å². The fraction of sp³-hybridized carbons (Fsp3) is 0.623. The standard InChI is InChI=1S/C61H98O6/c1-4-7-10-13-16-19-22-25-27-29-30-32-34-37-39-42-45-48-51-54-60(63)66-57-58(67-61(64)55-52-49-46-43-40-35-24-21-18-15-12-9-6-3)56-65-59(62)53-50-47-44-41-38-36-33-31-28-26-23-20-17-14-11-8-5-2/h7,10,16-17,19-21,24-28,30,32-33,36-37,39,41,44,58H,4-6,8-9,11-15,18,22-23,29,31,34-35,38,40,42-43,45-57H2,1-3H3/b10-7-,19-16-,20-17-,24-21-,27-25-,28-26-,32-30-,36-33-,39-37-,44-41-/t58-/m0/s1. The predicted octanol–water partition coefficient (Wildman–Crippen LogP) is 18.1. The first-order valence-corrected chi connectivity index (χ1v) is 27.0. The normalized spacial score (nSPS) is 13.1. The van der Waals surface area contributed by atoms with Crippen LogP contribution in [0.1, 0.15) is 226 Å². The highest BCUT2D eigenvalue weighted by Gasteiger charge is 2.19. The number of esters is 3. The van der Waals surface area contributed by atoms with E-state index in [1.54, 1.807) is 0 Å². The maximum Gasteiger partial charge on any atom is 0.306 e. The fourth-order valence-corrected chi connectivity index (χ4v) is 6.87. The molecule has 0 aliphatic rings. The van der Waals surface area contributed by atoms with Crippen molar-refractivity contribution in [1.29, 1.82) is 0 Å². The van der Waals surface area contributed by atoms with Crippen molar-refractivity contribution in [3.63, 3.8) is 0 Å². The molecule has 6 nitrogen and oxygen atoms in total. The van der Waals surface area contributed by atoms with Crippen LogP contribution in [0.15, 0.2) is 122 Å². The Hall–Kier alpha value is -4.19. The van der Waals surface area contributed by atoms with Crippen molar-refractivity contribution in [3.8, 4) is 0 Å². The van der Waals surface area contributed by atoms with E-state index in [9.17, 15) is 14.4 Å². The number of ether oxygens (including phenoxy) is 3. The molecule has 0 bridgehead atoms. The Kier molecular flexibility index (Phi) is 51.0. The maximum absolute atomic E-state index is 12.8. The number of allylic oxidation sites excluding steroid dienone is 20. The van der Waals surface area contributed by atoms with E-state index in [0.717, 1.165) is 116 Å². The molecular weight excluding hydrogens is 829 g/mol. The molecule has 0 aromatic carbocycles. The van der Waals surface area contributed by atoms with Crippen LogP contribution in [-0.2, 0) is 28.6 Å². The van der Waals surface area contributed by atoms with Crippen LogP contribution >= 0.6 is 0 Å². The zero-order chi connectivity index (χ0) is 48.6. The summed E-state index contributed by atoms with van der Waals surface area (Å²) in [5, 5.41) is 0.